The Morgan fingerprint density at radius 3 is 2.62 bits per heavy atom. The van der Waals surface area contributed by atoms with E-state index in [4.69, 9.17) is 4.74 Å². The van der Waals surface area contributed by atoms with Crippen molar-refractivity contribution in [1.82, 2.24) is 4.90 Å². The van der Waals surface area contributed by atoms with Gasteiger partial charge >= 0.3 is 5.97 Å². The summed E-state index contributed by atoms with van der Waals surface area (Å²) >= 11 is 2.85. The van der Waals surface area contributed by atoms with Crippen molar-refractivity contribution >= 4 is 51.6 Å². The Morgan fingerprint density at radius 1 is 1.11 bits per heavy atom. The highest BCUT2D eigenvalue weighted by molar-refractivity contribution is 8.00. The van der Waals surface area contributed by atoms with Gasteiger partial charge in [-0.1, -0.05) is 36.4 Å². The number of anilines is 2. The van der Waals surface area contributed by atoms with Gasteiger partial charge in [0.2, 0.25) is 11.8 Å². The molecule has 0 spiro atoms. The lowest BCUT2D eigenvalue weighted by molar-refractivity contribution is -0.115. The second kappa shape index (κ2) is 12.4. The lowest BCUT2D eigenvalue weighted by Gasteiger charge is -2.27. The average molecular weight is 538 g/mol. The standard InChI is InChI=1S/C28H31N3O4S2/c1-4-35-28(34)25-23-13-14-31(16-20-9-6-5-7-10-20)17-24(23)37-27(25)30-26(33)18(2)36-22-12-8-11-21(15-22)29-19(3)32/h5-12,15,18H,4,13-14,16-17H2,1-3H3,(H,29,32)(H,30,33). The van der Waals surface area contributed by atoms with Gasteiger partial charge in [-0.15, -0.1) is 23.1 Å². The summed E-state index contributed by atoms with van der Waals surface area (Å²) in [6.07, 6.45) is 0.725. The van der Waals surface area contributed by atoms with Gasteiger partial charge < -0.3 is 15.4 Å². The highest BCUT2D eigenvalue weighted by atomic mass is 32.2. The maximum Gasteiger partial charge on any atom is 0.341 e. The molecule has 2 N–H and O–H groups in total. The van der Waals surface area contributed by atoms with E-state index >= 15 is 0 Å². The lowest BCUT2D eigenvalue weighted by Crippen LogP contribution is -2.30. The van der Waals surface area contributed by atoms with Crippen LogP contribution >= 0.6 is 23.1 Å². The first-order valence-electron chi connectivity index (χ1n) is 12.3. The van der Waals surface area contributed by atoms with E-state index in [2.05, 4.69) is 27.7 Å². The summed E-state index contributed by atoms with van der Waals surface area (Å²) in [5, 5.41) is 5.90. The fourth-order valence-corrected chi connectivity index (χ4v) is 6.47. The molecule has 1 aliphatic rings. The van der Waals surface area contributed by atoms with Crippen LogP contribution in [0.2, 0.25) is 0 Å². The minimum atomic E-state index is -0.420. The van der Waals surface area contributed by atoms with E-state index in [0.717, 1.165) is 41.4 Å². The molecule has 1 aliphatic heterocycles. The summed E-state index contributed by atoms with van der Waals surface area (Å²) in [5.41, 5.74) is 3.39. The van der Waals surface area contributed by atoms with E-state index in [1.807, 2.05) is 43.3 Å². The number of fused-ring (bicyclic) bond motifs is 1. The second-order valence-corrected chi connectivity index (χ2v) is 11.4. The molecule has 2 heterocycles. The molecule has 0 bridgehead atoms. The van der Waals surface area contributed by atoms with Crippen molar-refractivity contribution in [3.63, 3.8) is 0 Å². The molecule has 0 saturated carbocycles. The number of ether oxygens (including phenoxy) is 1. The van der Waals surface area contributed by atoms with Crippen LogP contribution in [-0.4, -0.2) is 41.1 Å². The van der Waals surface area contributed by atoms with E-state index in [1.165, 1.54) is 35.6 Å². The number of esters is 1. The number of hydrogen-bond acceptors (Lipinski definition) is 7. The number of carbonyl (C=O) groups excluding carboxylic acids is 3. The molecule has 4 rings (SSSR count). The minimum absolute atomic E-state index is 0.150. The molecular weight excluding hydrogens is 506 g/mol. The zero-order valence-corrected chi connectivity index (χ0v) is 22.8. The molecule has 1 aromatic heterocycles. The molecule has 2 amide bonds. The van der Waals surface area contributed by atoms with Crippen molar-refractivity contribution in [2.45, 2.75) is 50.4 Å². The van der Waals surface area contributed by atoms with Gasteiger partial charge in [0.05, 0.1) is 17.4 Å². The zero-order valence-electron chi connectivity index (χ0n) is 21.2. The third kappa shape index (κ3) is 7.00. The normalized spacial score (nSPS) is 13.9. The predicted molar refractivity (Wildman–Crippen MR) is 149 cm³/mol. The molecular formula is C28H31N3O4S2. The van der Waals surface area contributed by atoms with Crippen molar-refractivity contribution in [3.8, 4) is 0 Å². The van der Waals surface area contributed by atoms with E-state index in [1.54, 1.807) is 13.0 Å². The molecule has 0 radical (unpaired) electrons. The Balaban J connectivity index is 1.49. The summed E-state index contributed by atoms with van der Waals surface area (Å²) in [5.74, 6) is -0.737. The van der Waals surface area contributed by atoms with Crippen molar-refractivity contribution in [2.24, 2.45) is 0 Å². The molecule has 194 valence electrons. The molecule has 0 saturated heterocycles. The molecule has 7 nitrogen and oxygen atoms in total. The van der Waals surface area contributed by atoms with Gasteiger partial charge in [-0.2, -0.15) is 0 Å². The van der Waals surface area contributed by atoms with Crippen LogP contribution in [-0.2, 0) is 33.8 Å². The summed E-state index contributed by atoms with van der Waals surface area (Å²) in [6, 6.07) is 17.7. The second-order valence-electron chi connectivity index (χ2n) is 8.83. The van der Waals surface area contributed by atoms with Gasteiger partial charge in [0.25, 0.3) is 0 Å². The van der Waals surface area contributed by atoms with Crippen LogP contribution < -0.4 is 10.6 Å². The minimum Gasteiger partial charge on any atom is -0.462 e. The van der Waals surface area contributed by atoms with Gasteiger partial charge in [-0.05, 0) is 49.6 Å². The SMILES string of the molecule is CCOC(=O)c1c(NC(=O)C(C)Sc2cccc(NC(C)=O)c2)sc2c1CCN(Cc1ccccc1)C2. The maximum atomic E-state index is 13.2. The Morgan fingerprint density at radius 2 is 1.89 bits per heavy atom. The molecule has 0 aliphatic carbocycles. The Kier molecular flexibility index (Phi) is 9.02. The fraction of sp³-hybridized carbons (Fsp3) is 0.321. The number of amides is 2. The lowest BCUT2D eigenvalue weighted by atomic mass is 10.0. The van der Waals surface area contributed by atoms with Crippen molar-refractivity contribution in [1.29, 1.82) is 0 Å². The number of carbonyl (C=O) groups is 3. The first kappa shape index (κ1) is 26.9. The number of thiophene rings is 1. The summed E-state index contributed by atoms with van der Waals surface area (Å²) < 4.78 is 5.36. The third-order valence-electron chi connectivity index (χ3n) is 5.94. The van der Waals surface area contributed by atoms with Crippen LogP contribution in [0.4, 0.5) is 10.7 Å². The summed E-state index contributed by atoms with van der Waals surface area (Å²) in [6.45, 7) is 7.72. The van der Waals surface area contributed by atoms with Crippen LogP contribution in [0.25, 0.3) is 0 Å². The van der Waals surface area contributed by atoms with Gasteiger partial charge in [-0.3, -0.25) is 14.5 Å². The van der Waals surface area contributed by atoms with Crippen LogP contribution in [0.3, 0.4) is 0 Å². The maximum absolute atomic E-state index is 13.2. The topological polar surface area (TPSA) is 87.7 Å². The van der Waals surface area contributed by atoms with Crippen molar-refractivity contribution in [2.75, 3.05) is 23.8 Å². The van der Waals surface area contributed by atoms with Crippen molar-refractivity contribution < 1.29 is 19.1 Å². The van der Waals surface area contributed by atoms with Gasteiger partial charge in [0.15, 0.2) is 0 Å². The Bertz CT molecular complexity index is 1280. The molecule has 3 aromatic rings. The highest BCUT2D eigenvalue weighted by Crippen LogP contribution is 2.38. The molecule has 0 fully saturated rings. The Labute approximate surface area is 225 Å². The number of nitrogens with zero attached hydrogens (tertiary/aromatic N) is 1. The van der Waals surface area contributed by atoms with Crippen LogP contribution in [0.15, 0.2) is 59.5 Å². The fourth-order valence-electron chi connectivity index (χ4n) is 4.26. The van der Waals surface area contributed by atoms with Gasteiger partial charge in [0, 0.05) is 42.0 Å². The molecule has 1 unspecified atom stereocenters. The van der Waals surface area contributed by atoms with Crippen molar-refractivity contribution in [3.05, 3.63) is 76.2 Å². The quantitative estimate of drug-likeness (QED) is 0.274. The third-order valence-corrected chi connectivity index (χ3v) is 8.16. The first-order valence-corrected chi connectivity index (χ1v) is 14.0. The Hall–Kier alpha value is -3.14. The van der Waals surface area contributed by atoms with E-state index in [-0.39, 0.29) is 18.4 Å². The number of nitrogens with one attached hydrogen (secondary N) is 2. The molecule has 1 atom stereocenters. The number of benzene rings is 2. The number of thioether (sulfide) groups is 1. The van der Waals surface area contributed by atoms with E-state index in [9.17, 15) is 14.4 Å². The number of hydrogen-bond donors (Lipinski definition) is 2. The van der Waals surface area contributed by atoms with Crippen LogP contribution in [0.1, 0.15) is 47.1 Å². The summed E-state index contributed by atoms with van der Waals surface area (Å²) in [7, 11) is 0. The van der Waals surface area contributed by atoms with E-state index in [0.29, 0.717) is 16.3 Å². The smallest absolute Gasteiger partial charge is 0.341 e. The van der Waals surface area contributed by atoms with Gasteiger partial charge in [-0.25, -0.2) is 4.79 Å². The largest absolute Gasteiger partial charge is 0.462 e. The van der Waals surface area contributed by atoms with E-state index < -0.39 is 11.2 Å². The first-order chi connectivity index (χ1) is 17.8. The number of rotatable bonds is 9. The predicted octanol–water partition coefficient (Wildman–Crippen LogP) is 5.56. The highest BCUT2D eigenvalue weighted by Gasteiger charge is 2.30. The van der Waals surface area contributed by atoms with Crippen LogP contribution in [0.5, 0.6) is 0 Å². The average Bonchev–Trinajstić information content (AvgIpc) is 3.21. The molecule has 2 aromatic carbocycles. The molecule has 37 heavy (non-hydrogen) atoms. The van der Waals surface area contributed by atoms with Crippen LogP contribution in [0, 0.1) is 0 Å². The monoisotopic (exact) mass is 537 g/mol. The zero-order chi connectivity index (χ0) is 26.4. The van der Waals surface area contributed by atoms with Gasteiger partial charge in [0.1, 0.15) is 5.00 Å². The molecule has 9 heteroatoms. The summed E-state index contributed by atoms with van der Waals surface area (Å²) in [4.78, 5) is 41.8.